The summed E-state index contributed by atoms with van der Waals surface area (Å²) in [6.45, 7) is 3.51. The molecule has 4 saturated carbocycles. The van der Waals surface area contributed by atoms with Gasteiger partial charge in [-0.25, -0.2) is 0 Å². The number of anilines is 1. The van der Waals surface area contributed by atoms with E-state index in [0.29, 0.717) is 29.7 Å². The lowest BCUT2D eigenvalue weighted by molar-refractivity contribution is -0.199. The van der Waals surface area contributed by atoms with E-state index < -0.39 is 17.1 Å². The lowest BCUT2D eigenvalue weighted by atomic mass is 9.48. The fourth-order valence-corrected chi connectivity index (χ4v) is 5.95. The highest BCUT2D eigenvalue weighted by Crippen LogP contribution is 2.62. The van der Waals surface area contributed by atoms with Crippen LogP contribution in [0, 0.1) is 24.2 Å². The Labute approximate surface area is 165 Å². The fourth-order valence-electron chi connectivity index (χ4n) is 5.95. The van der Waals surface area contributed by atoms with Crippen LogP contribution < -0.4 is 10.1 Å². The molecule has 4 fully saturated rings. The van der Waals surface area contributed by atoms with Crippen LogP contribution in [-0.4, -0.2) is 35.8 Å². The second-order valence-corrected chi connectivity index (χ2v) is 9.21. The number of aliphatic hydroxyl groups is 1. The second kappa shape index (κ2) is 6.76. The summed E-state index contributed by atoms with van der Waals surface area (Å²) in [5, 5.41) is 13.6. The van der Waals surface area contributed by atoms with Gasteiger partial charge in [0.05, 0.1) is 23.8 Å². The average Bonchev–Trinajstić information content (AvgIpc) is 2.59. The zero-order chi connectivity index (χ0) is 20.1. The van der Waals surface area contributed by atoms with Crippen molar-refractivity contribution in [1.82, 2.24) is 0 Å². The van der Waals surface area contributed by atoms with Gasteiger partial charge < -0.3 is 19.9 Å². The molecule has 6 heteroatoms. The highest BCUT2D eigenvalue weighted by atomic mass is 16.5. The molecule has 0 aromatic heterocycles. The van der Waals surface area contributed by atoms with E-state index in [-0.39, 0.29) is 11.9 Å². The van der Waals surface area contributed by atoms with E-state index in [2.05, 4.69) is 5.32 Å². The zero-order valence-electron chi connectivity index (χ0n) is 16.8. The maximum atomic E-state index is 13.0. The summed E-state index contributed by atoms with van der Waals surface area (Å²) in [5.41, 5.74) is 0.180. The van der Waals surface area contributed by atoms with Crippen LogP contribution in [0.15, 0.2) is 18.2 Å². The quantitative estimate of drug-likeness (QED) is 0.758. The van der Waals surface area contributed by atoms with Crippen molar-refractivity contribution in [3.05, 3.63) is 23.8 Å². The SMILES string of the molecule is COc1ccc(C)cc1NC(=O)[C@@H](C)OC(=O)C12C[C@@H]3C[C@@H](CC(O)(C3)C1)C2. The number of carbonyl (C=O) groups is 2. The molecular formula is C22H29NO5. The Morgan fingerprint density at radius 3 is 2.50 bits per heavy atom. The third kappa shape index (κ3) is 3.39. The van der Waals surface area contributed by atoms with Gasteiger partial charge >= 0.3 is 5.97 Å². The highest BCUT2D eigenvalue weighted by molar-refractivity contribution is 5.96. The molecule has 0 spiro atoms. The number of hydrogen-bond donors (Lipinski definition) is 2. The number of rotatable bonds is 5. The zero-order valence-corrected chi connectivity index (χ0v) is 16.8. The normalized spacial score (nSPS) is 34.0. The Morgan fingerprint density at radius 2 is 1.89 bits per heavy atom. The number of aryl methyl sites for hydroxylation is 1. The standard InChI is InChI=1S/C22H29NO5/c1-13-4-5-18(27-3)17(6-13)23-19(24)14(2)28-20(25)21-8-15-7-16(9-21)11-22(26,10-15)12-21/h4-6,14-16,26H,7-12H2,1-3H3,(H,23,24)/t14-,15-,16+,21?,22?/m1/s1. The third-order valence-electron chi connectivity index (χ3n) is 6.73. The number of ether oxygens (including phenoxy) is 2. The smallest absolute Gasteiger partial charge is 0.312 e. The van der Waals surface area contributed by atoms with Crippen molar-refractivity contribution in [1.29, 1.82) is 0 Å². The highest BCUT2D eigenvalue weighted by Gasteiger charge is 2.61. The van der Waals surface area contributed by atoms with E-state index in [9.17, 15) is 14.7 Å². The average molecular weight is 387 g/mol. The van der Waals surface area contributed by atoms with Crippen molar-refractivity contribution >= 4 is 17.6 Å². The monoisotopic (exact) mass is 387 g/mol. The van der Waals surface area contributed by atoms with Gasteiger partial charge in [-0.2, -0.15) is 0 Å². The Bertz CT molecular complexity index is 790. The van der Waals surface area contributed by atoms with Crippen molar-refractivity contribution in [2.24, 2.45) is 17.3 Å². The van der Waals surface area contributed by atoms with Crippen LogP contribution in [0.25, 0.3) is 0 Å². The summed E-state index contributed by atoms with van der Waals surface area (Å²) in [6.07, 6.45) is 3.77. The Morgan fingerprint density at radius 1 is 1.21 bits per heavy atom. The van der Waals surface area contributed by atoms with Crippen molar-refractivity contribution in [3.8, 4) is 5.75 Å². The molecule has 5 rings (SSSR count). The summed E-state index contributed by atoms with van der Waals surface area (Å²) in [7, 11) is 1.54. The van der Waals surface area contributed by atoms with Gasteiger partial charge in [-0.15, -0.1) is 0 Å². The molecule has 0 heterocycles. The van der Waals surface area contributed by atoms with E-state index in [1.54, 1.807) is 20.1 Å². The molecule has 1 amide bonds. The summed E-state index contributed by atoms with van der Waals surface area (Å²) < 4.78 is 10.9. The number of benzene rings is 1. The van der Waals surface area contributed by atoms with E-state index in [4.69, 9.17) is 9.47 Å². The molecule has 4 bridgehead atoms. The second-order valence-electron chi connectivity index (χ2n) is 9.21. The first-order chi connectivity index (χ1) is 13.2. The third-order valence-corrected chi connectivity index (χ3v) is 6.73. The van der Waals surface area contributed by atoms with Gasteiger partial charge in [0.2, 0.25) is 0 Å². The molecule has 0 aliphatic heterocycles. The summed E-state index contributed by atoms with van der Waals surface area (Å²) in [6, 6.07) is 5.51. The fraction of sp³-hybridized carbons (Fsp3) is 0.636. The van der Waals surface area contributed by atoms with Gasteiger partial charge in [0, 0.05) is 0 Å². The van der Waals surface area contributed by atoms with Gasteiger partial charge in [0.1, 0.15) is 5.75 Å². The van der Waals surface area contributed by atoms with Crippen molar-refractivity contribution < 1.29 is 24.2 Å². The van der Waals surface area contributed by atoms with Crippen molar-refractivity contribution in [2.75, 3.05) is 12.4 Å². The van der Waals surface area contributed by atoms with Crippen LogP contribution in [0.3, 0.4) is 0 Å². The first-order valence-corrected chi connectivity index (χ1v) is 10.1. The topological polar surface area (TPSA) is 84.9 Å². The van der Waals surface area contributed by atoms with Crippen LogP contribution in [0.4, 0.5) is 5.69 Å². The van der Waals surface area contributed by atoms with Crippen LogP contribution in [-0.2, 0) is 14.3 Å². The minimum Gasteiger partial charge on any atom is -0.495 e. The predicted octanol–water partition coefficient (Wildman–Crippen LogP) is 3.21. The number of methoxy groups -OCH3 is 1. The van der Waals surface area contributed by atoms with Gasteiger partial charge in [-0.05, 0) is 81.9 Å². The van der Waals surface area contributed by atoms with Crippen molar-refractivity contribution in [2.45, 2.75) is 64.1 Å². The maximum Gasteiger partial charge on any atom is 0.312 e. The lowest BCUT2D eigenvalue weighted by Crippen LogP contribution is -2.59. The van der Waals surface area contributed by atoms with Gasteiger partial charge in [-0.1, -0.05) is 6.07 Å². The summed E-state index contributed by atoms with van der Waals surface area (Å²) in [5.74, 6) is 0.610. The first-order valence-electron chi connectivity index (χ1n) is 10.1. The molecule has 5 atom stereocenters. The van der Waals surface area contributed by atoms with Gasteiger partial charge in [0.15, 0.2) is 6.10 Å². The molecule has 6 nitrogen and oxygen atoms in total. The van der Waals surface area contributed by atoms with Gasteiger partial charge in [0.25, 0.3) is 5.91 Å². The first kappa shape index (κ1) is 19.2. The summed E-state index contributed by atoms with van der Waals surface area (Å²) in [4.78, 5) is 25.7. The summed E-state index contributed by atoms with van der Waals surface area (Å²) >= 11 is 0. The molecule has 152 valence electrons. The predicted molar refractivity (Wildman–Crippen MR) is 104 cm³/mol. The van der Waals surface area contributed by atoms with E-state index in [1.165, 1.54) is 0 Å². The molecule has 1 aromatic carbocycles. The number of esters is 1. The minimum absolute atomic E-state index is 0.334. The van der Waals surface area contributed by atoms with Crippen molar-refractivity contribution in [3.63, 3.8) is 0 Å². The molecule has 0 saturated heterocycles. The van der Waals surface area contributed by atoms with Crippen LogP contribution in [0.1, 0.15) is 51.0 Å². The van der Waals surface area contributed by atoms with Gasteiger partial charge in [-0.3, -0.25) is 9.59 Å². The molecule has 28 heavy (non-hydrogen) atoms. The number of hydrogen-bond acceptors (Lipinski definition) is 5. The molecule has 2 unspecified atom stereocenters. The molecule has 0 radical (unpaired) electrons. The van der Waals surface area contributed by atoms with Crippen LogP contribution in [0.2, 0.25) is 0 Å². The molecule has 2 N–H and O–H groups in total. The van der Waals surface area contributed by atoms with E-state index in [1.807, 2.05) is 19.1 Å². The Hall–Kier alpha value is -2.08. The van der Waals surface area contributed by atoms with Crippen LogP contribution >= 0.6 is 0 Å². The lowest BCUT2D eigenvalue weighted by Gasteiger charge is -2.58. The Balaban J connectivity index is 1.44. The molecular weight excluding hydrogens is 358 g/mol. The Kier molecular flexibility index (Phi) is 4.65. The molecule has 4 aliphatic carbocycles. The molecule has 4 aliphatic rings. The number of nitrogens with one attached hydrogen (secondary N) is 1. The minimum atomic E-state index is -0.916. The number of amides is 1. The maximum absolute atomic E-state index is 13.0. The van der Waals surface area contributed by atoms with Crippen LogP contribution in [0.5, 0.6) is 5.75 Å². The number of carbonyl (C=O) groups excluding carboxylic acids is 2. The van der Waals surface area contributed by atoms with E-state index >= 15 is 0 Å². The largest absolute Gasteiger partial charge is 0.495 e. The van der Waals surface area contributed by atoms with E-state index in [0.717, 1.165) is 37.7 Å². The molecule has 1 aromatic rings.